The average molecular weight is 403 g/mol. The monoisotopic (exact) mass is 402 g/mol. The first-order chi connectivity index (χ1) is 10.8. The van der Waals surface area contributed by atoms with Gasteiger partial charge in [0.1, 0.15) is 11.5 Å². The number of rotatable bonds is 4. The summed E-state index contributed by atoms with van der Waals surface area (Å²) in [7, 11) is 10.6. The van der Waals surface area contributed by atoms with Crippen LogP contribution >= 0.6 is 62.8 Å². The molecule has 8 heteroatoms. The van der Waals surface area contributed by atoms with E-state index in [0.717, 1.165) is 11.5 Å². The average Bonchev–Trinajstić information content (AvgIpc) is 3.16. The molecule has 0 bridgehead atoms. The van der Waals surface area contributed by atoms with Crippen molar-refractivity contribution >= 4 is 62.8 Å². The molecular formula is C14H10O2S6. The lowest BCUT2D eigenvalue weighted by molar-refractivity contribution is 0.0174. The summed E-state index contributed by atoms with van der Waals surface area (Å²) in [5, 5.41) is 0. The minimum Gasteiger partial charge on any atom is -0.454 e. The van der Waals surface area contributed by atoms with E-state index in [9.17, 15) is 0 Å². The first-order valence-electron chi connectivity index (χ1n) is 6.43. The summed E-state index contributed by atoms with van der Waals surface area (Å²) < 4.78 is 12.1. The Balaban J connectivity index is 1.51. The maximum absolute atomic E-state index is 6.03. The van der Waals surface area contributed by atoms with E-state index in [2.05, 4.69) is 12.1 Å². The Bertz CT molecular complexity index is 648. The number of hydrogen-bond acceptors (Lipinski definition) is 8. The summed E-state index contributed by atoms with van der Waals surface area (Å²) in [5.41, 5.74) is 0. The van der Waals surface area contributed by atoms with E-state index in [4.69, 9.17) is 9.47 Å². The summed E-state index contributed by atoms with van der Waals surface area (Å²) in [6.45, 7) is 1.94. The zero-order chi connectivity index (χ0) is 14.9. The topological polar surface area (TPSA) is 18.5 Å². The van der Waals surface area contributed by atoms with Gasteiger partial charge in [0.15, 0.2) is 0 Å². The normalized spacial score (nSPS) is 15.7. The standard InChI is InChI=1S/C14H10O2S6/c1-8(15-9-4-2-6-11-13(9)19-21-17-11)16-10-5-3-7-12-14(10)20-22-18-12/h2-8H,1H3. The molecule has 22 heavy (non-hydrogen) atoms. The molecule has 0 aromatic heterocycles. The highest BCUT2D eigenvalue weighted by Crippen LogP contribution is 2.59. The van der Waals surface area contributed by atoms with Gasteiger partial charge in [-0.1, -0.05) is 12.1 Å². The van der Waals surface area contributed by atoms with Crippen molar-refractivity contribution in [2.24, 2.45) is 0 Å². The van der Waals surface area contributed by atoms with Gasteiger partial charge in [0.25, 0.3) is 0 Å². The molecule has 0 saturated heterocycles. The van der Waals surface area contributed by atoms with E-state index in [-0.39, 0.29) is 6.29 Å². The van der Waals surface area contributed by atoms with Gasteiger partial charge in [-0.15, -0.1) is 0 Å². The zero-order valence-electron chi connectivity index (χ0n) is 11.3. The molecule has 0 aliphatic carbocycles. The minimum atomic E-state index is -0.328. The Morgan fingerprint density at radius 3 is 1.73 bits per heavy atom. The summed E-state index contributed by atoms with van der Waals surface area (Å²) in [4.78, 5) is 4.94. The summed E-state index contributed by atoms with van der Waals surface area (Å²) in [6.07, 6.45) is -0.328. The second kappa shape index (κ2) is 6.94. The summed E-state index contributed by atoms with van der Waals surface area (Å²) >= 11 is 0. The van der Waals surface area contributed by atoms with E-state index >= 15 is 0 Å². The van der Waals surface area contributed by atoms with Crippen molar-refractivity contribution in [1.29, 1.82) is 0 Å². The van der Waals surface area contributed by atoms with Gasteiger partial charge in [-0.2, -0.15) is 0 Å². The lowest BCUT2D eigenvalue weighted by Gasteiger charge is -2.19. The molecule has 0 unspecified atom stereocenters. The van der Waals surface area contributed by atoms with E-state index in [1.165, 1.54) is 19.6 Å². The molecule has 2 aromatic carbocycles. The molecule has 0 saturated carbocycles. The quantitative estimate of drug-likeness (QED) is 0.396. The Labute approximate surface area is 152 Å². The maximum Gasteiger partial charge on any atom is 0.238 e. The second-order valence-corrected chi connectivity index (χ2v) is 12.3. The molecule has 2 aromatic rings. The molecule has 0 spiro atoms. The fraction of sp³-hybridized carbons (Fsp3) is 0.143. The van der Waals surface area contributed by atoms with Gasteiger partial charge in [0.2, 0.25) is 6.29 Å². The first-order valence-corrected chi connectivity index (χ1v) is 13.4. The highest BCUT2D eigenvalue weighted by molar-refractivity contribution is 9.10. The van der Waals surface area contributed by atoms with Gasteiger partial charge < -0.3 is 9.47 Å². The second-order valence-electron chi connectivity index (χ2n) is 4.44. The molecule has 2 aliphatic rings. The van der Waals surface area contributed by atoms with Crippen LogP contribution < -0.4 is 9.47 Å². The Morgan fingerprint density at radius 2 is 1.23 bits per heavy atom. The van der Waals surface area contributed by atoms with Gasteiger partial charge in [-0.05, 0) is 87.1 Å². The van der Waals surface area contributed by atoms with Gasteiger partial charge in [0.05, 0.1) is 9.79 Å². The number of ether oxygens (including phenoxy) is 2. The summed E-state index contributed by atoms with van der Waals surface area (Å²) in [6, 6.07) is 12.3. The Morgan fingerprint density at radius 1 is 0.727 bits per heavy atom. The molecule has 4 rings (SSSR count). The molecule has 2 aliphatic heterocycles. The molecule has 0 amide bonds. The number of benzene rings is 2. The third kappa shape index (κ3) is 3.18. The van der Waals surface area contributed by atoms with Crippen LogP contribution in [0, 0.1) is 0 Å². The predicted molar refractivity (Wildman–Crippen MR) is 102 cm³/mol. The molecule has 2 nitrogen and oxygen atoms in total. The fourth-order valence-electron chi connectivity index (χ4n) is 2.03. The third-order valence-corrected chi connectivity index (χ3v) is 11.0. The summed E-state index contributed by atoms with van der Waals surface area (Å²) in [5.74, 6) is 1.80. The van der Waals surface area contributed by atoms with Crippen LogP contribution in [0.4, 0.5) is 0 Å². The Hall–Kier alpha value is 0.140. The van der Waals surface area contributed by atoms with E-state index in [1.807, 2.05) is 31.2 Å². The van der Waals surface area contributed by atoms with Crippen LogP contribution in [0.15, 0.2) is 56.0 Å². The van der Waals surface area contributed by atoms with Crippen LogP contribution in [-0.4, -0.2) is 6.29 Å². The van der Waals surface area contributed by atoms with Gasteiger partial charge in [-0.3, -0.25) is 0 Å². The SMILES string of the molecule is CC(Oc1cccc2c1SSS2)Oc1cccc2c1SSS2. The fourth-order valence-corrected chi connectivity index (χ4v) is 10.9. The van der Waals surface area contributed by atoms with Crippen molar-refractivity contribution in [2.75, 3.05) is 0 Å². The smallest absolute Gasteiger partial charge is 0.238 e. The molecule has 0 fully saturated rings. The van der Waals surface area contributed by atoms with Crippen LogP contribution in [0.2, 0.25) is 0 Å². The third-order valence-electron chi connectivity index (χ3n) is 2.95. The van der Waals surface area contributed by atoms with Crippen molar-refractivity contribution in [2.45, 2.75) is 32.8 Å². The zero-order valence-corrected chi connectivity index (χ0v) is 16.2. The van der Waals surface area contributed by atoms with E-state index in [0.29, 0.717) is 0 Å². The van der Waals surface area contributed by atoms with Crippen LogP contribution in [0.3, 0.4) is 0 Å². The largest absolute Gasteiger partial charge is 0.454 e. The van der Waals surface area contributed by atoms with Gasteiger partial charge in [0, 0.05) is 16.7 Å². The molecule has 0 atom stereocenters. The predicted octanol–water partition coefficient (Wildman–Crippen LogP) is 7.01. The van der Waals surface area contributed by atoms with Crippen LogP contribution in [0.1, 0.15) is 6.92 Å². The van der Waals surface area contributed by atoms with Crippen molar-refractivity contribution in [3.05, 3.63) is 36.4 Å². The molecule has 0 N–H and O–H groups in total. The van der Waals surface area contributed by atoms with Crippen molar-refractivity contribution in [3.8, 4) is 11.5 Å². The molecule has 2 heterocycles. The Kier molecular flexibility index (Phi) is 4.94. The van der Waals surface area contributed by atoms with Crippen molar-refractivity contribution < 1.29 is 9.47 Å². The highest BCUT2D eigenvalue weighted by Gasteiger charge is 2.22. The lowest BCUT2D eigenvalue weighted by Crippen LogP contribution is -2.20. The van der Waals surface area contributed by atoms with E-state index in [1.54, 1.807) is 62.8 Å². The van der Waals surface area contributed by atoms with Crippen LogP contribution in [0.25, 0.3) is 0 Å². The molecular weight excluding hydrogens is 393 g/mol. The number of hydrogen-bond donors (Lipinski definition) is 0. The van der Waals surface area contributed by atoms with Crippen LogP contribution in [-0.2, 0) is 0 Å². The van der Waals surface area contributed by atoms with Crippen molar-refractivity contribution in [3.63, 3.8) is 0 Å². The maximum atomic E-state index is 6.03. The van der Waals surface area contributed by atoms with Gasteiger partial charge >= 0.3 is 0 Å². The minimum absolute atomic E-state index is 0.328. The lowest BCUT2D eigenvalue weighted by atomic mass is 10.3. The molecule has 114 valence electrons. The van der Waals surface area contributed by atoms with Gasteiger partial charge in [-0.25, -0.2) is 0 Å². The highest BCUT2D eigenvalue weighted by atomic mass is 33.5. The van der Waals surface area contributed by atoms with E-state index < -0.39 is 0 Å². The van der Waals surface area contributed by atoms with Crippen LogP contribution in [0.5, 0.6) is 11.5 Å². The molecule has 0 radical (unpaired) electrons. The number of fused-ring (bicyclic) bond motifs is 2. The first kappa shape index (κ1) is 15.7. The van der Waals surface area contributed by atoms with Crippen molar-refractivity contribution in [1.82, 2.24) is 0 Å².